The van der Waals surface area contributed by atoms with E-state index in [9.17, 15) is 5.11 Å². The van der Waals surface area contributed by atoms with Gasteiger partial charge in [0.2, 0.25) is 0 Å². The average molecular weight is 272 g/mol. The van der Waals surface area contributed by atoms with Crippen molar-refractivity contribution in [3.8, 4) is 0 Å². The predicted molar refractivity (Wildman–Crippen MR) is 62.1 cm³/mol. The van der Waals surface area contributed by atoms with Gasteiger partial charge in [-0.15, -0.1) is 0 Å². The topological polar surface area (TPSA) is 66.4 Å². The molecule has 3 saturated heterocycles. The number of aliphatic hydroxyl groups excluding tert-OH is 1. The minimum atomic E-state index is -0.463. The van der Waals surface area contributed by atoms with Crippen molar-refractivity contribution in [2.24, 2.45) is 0 Å². The van der Waals surface area contributed by atoms with Crippen molar-refractivity contribution in [3.05, 3.63) is 0 Å². The van der Waals surface area contributed by atoms with Gasteiger partial charge in [0.05, 0.1) is 6.61 Å². The third-order valence-corrected chi connectivity index (χ3v) is 4.59. The van der Waals surface area contributed by atoms with Gasteiger partial charge >= 0.3 is 0 Å². The minimum absolute atomic E-state index is 0.0743. The summed E-state index contributed by atoms with van der Waals surface area (Å²) in [6.07, 6.45) is 3.96. The van der Waals surface area contributed by atoms with Crippen LogP contribution in [0.15, 0.2) is 0 Å². The van der Waals surface area contributed by atoms with Crippen molar-refractivity contribution in [2.45, 2.75) is 68.6 Å². The molecule has 0 aromatic heterocycles. The zero-order valence-electron chi connectivity index (χ0n) is 10.8. The molecule has 108 valence electrons. The summed E-state index contributed by atoms with van der Waals surface area (Å²) in [5, 5.41) is 9.30. The van der Waals surface area contributed by atoms with Gasteiger partial charge in [0.25, 0.3) is 0 Å². The Morgan fingerprint density at radius 3 is 2.58 bits per heavy atom. The largest absolute Gasteiger partial charge is 0.394 e. The van der Waals surface area contributed by atoms with Gasteiger partial charge in [-0.1, -0.05) is 6.42 Å². The average Bonchev–Trinajstić information content (AvgIpc) is 2.93. The van der Waals surface area contributed by atoms with E-state index in [1.54, 1.807) is 0 Å². The van der Waals surface area contributed by atoms with E-state index in [2.05, 4.69) is 0 Å². The van der Waals surface area contributed by atoms with Gasteiger partial charge in [0.15, 0.2) is 12.1 Å². The van der Waals surface area contributed by atoms with Crippen LogP contribution in [0.4, 0.5) is 0 Å². The lowest BCUT2D eigenvalue weighted by Gasteiger charge is -2.37. The number of aliphatic hydroxyl groups is 1. The smallest absolute Gasteiger partial charge is 0.190 e. The third kappa shape index (κ3) is 1.93. The molecule has 0 bridgehead atoms. The van der Waals surface area contributed by atoms with Crippen LogP contribution >= 0.6 is 0 Å². The van der Waals surface area contributed by atoms with Gasteiger partial charge in [0, 0.05) is 12.8 Å². The maximum atomic E-state index is 9.30. The summed E-state index contributed by atoms with van der Waals surface area (Å²) in [5.41, 5.74) is 0. The number of ether oxygens (including phenoxy) is 5. The molecule has 1 N–H and O–H groups in total. The quantitative estimate of drug-likeness (QED) is 0.750. The van der Waals surface area contributed by atoms with Gasteiger partial charge in [-0.3, -0.25) is 0 Å². The van der Waals surface area contributed by atoms with Gasteiger partial charge < -0.3 is 28.8 Å². The fourth-order valence-corrected chi connectivity index (χ4v) is 3.63. The number of fused-ring (bicyclic) bond motifs is 3. The Morgan fingerprint density at radius 2 is 1.79 bits per heavy atom. The molecule has 0 radical (unpaired) electrons. The highest BCUT2D eigenvalue weighted by Gasteiger charge is 2.60. The molecule has 0 amide bonds. The van der Waals surface area contributed by atoms with Crippen molar-refractivity contribution < 1.29 is 28.8 Å². The second-order valence-electron chi connectivity index (χ2n) is 5.78. The molecule has 19 heavy (non-hydrogen) atoms. The molecule has 1 spiro atoms. The first-order valence-corrected chi connectivity index (χ1v) is 7.16. The minimum Gasteiger partial charge on any atom is -0.394 e. The van der Waals surface area contributed by atoms with Crippen LogP contribution in [0.3, 0.4) is 0 Å². The SMILES string of the molecule is OC[C@H]1OCO[C@@H]2[C@H]3OC4(CCCCC4)O[C@H]3O[C@@H]21. The number of hydrogen-bond acceptors (Lipinski definition) is 6. The molecule has 3 aliphatic heterocycles. The van der Waals surface area contributed by atoms with Crippen molar-refractivity contribution in [1.82, 2.24) is 0 Å². The Balaban J connectivity index is 1.50. The first kappa shape index (κ1) is 12.5. The van der Waals surface area contributed by atoms with Crippen LogP contribution in [0.25, 0.3) is 0 Å². The Labute approximate surface area is 111 Å². The normalized spacial score (nSPS) is 48.2. The lowest BCUT2D eigenvalue weighted by Crippen LogP contribution is -2.50. The van der Waals surface area contributed by atoms with Crippen LogP contribution in [0.5, 0.6) is 0 Å². The Morgan fingerprint density at radius 1 is 0.947 bits per heavy atom. The van der Waals surface area contributed by atoms with Crippen LogP contribution in [-0.4, -0.2) is 55.0 Å². The molecule has 6 heteroatoms. The first-order chi connectivity index (χ1) is 9.31. The molecule has 0 unspecified atom stereocenters. The van der Waals surface area contributed by atoms with E-state index >= 15 is 0 Å². The fraction of sp³-hybridized carbons (Fsp3) is 1.00. The third-order valence-electron chi connectivity index (χ3n) is 4.59. The lowest BCUT2D eigenvalue weighted by molar-refractivity contribution is -0.290. The maximum absolute atomic E-state index is 9.30. The van der Waals surface area contributed by atoms with Crippen LogP contribution in [0.2, 0.25) is 0 Å². The molecule has 1 saturated carbocycles. The van der Waals surface area contributed by atoms with Gasteiger partial charge in [0.1, 0.15) is 31.2 Å². The number of rotatable bonds is 1. The number of hydrogen-bond donors (Lipinski definition) is 1. The van der Waals surface area contributed by atoms with Crippen LogP contribution in [-0.2, 0) is 23.7 Å². The summed E-state index contributed by atoms with van der Waals surface area (Å²) in [6, 6.07) is 0. The molecule has 1 aliphatic carbocycles. The van der Waals surface area contributed by atoms with Gasteiger partial charge in [-0.05, 0) is 12.8 Å². The second kappa shape index (κ2) is 4.65. The Hall–Kier alpha value is -0.240. The van der Waals surface area contributed by atoms with Crippen molar-refractivity contribution in [1.29, 1.82) is 0 Å². The predicted octanol–water partition coefficient (Wildman–Crippen LogP) is 0.521. The highest BCUT2D eigenvalue weighted by Crippen LogP contribution is 2.46. The van der Waals surface area contributed by atoms with Crippen LogP contribution < -0.4 is 0 Å². The van der Waals surface area contributed by atoms with E-state index in [4.69, 9.17) is 23.7 Å². The molecule has 0 aromatic carbocycles. The monoisotopic (exact) mass is 272 g/mol. The van der Waals surface area contributed by atoms with Crippen LogP contribution in [0.1, 0.15) is 32.1 Å². The van der Waals surface area contributed by atoms with E-state index in [1.165, 1.54) is 6.42 Å². The first-order valence-electron chi connectivity index (χ1n) is 7.16. The highest BCUT2D eigenvalue weighted by atomic mass is 16.9. The molecular weight excluding hydrogens is 252 g/mol. The molecule has 4 rings (SSSR count). The summed E-state index contributed by atoms with van der Waals surface area (Å²) in [7, 11) is 0. The Kier molecular flexibility index (Phi) is 3.06. The van der Waals surface area contributed by atoms with Crippen molar-refractivity contribution in [3.63, 3.8) is 0 Å². The Bertz CT molecular complexity index is 342. The summed E-state index contributed by atoms with van der Waals surface area (Å²) >= 11 is 0. The summed E-state index contributed by atoms with van der Waals surface area (Å²) in [4.78, 5) is 0. The standard InChI is InChI=1S/C13H20O6/c14-6-8-9-10(16-7-15-8)11-12(17-9)19-13(18-11)4-2-1-3-5-13/h8-12,14H,1-7H2/t8-,9-,10+,11-,12-/m1/s1. The zero-order chi connectivity index (χ0) is 12.9. The molecule has 0 aromatic rings. The van der Waals surface area contributed by atoms with Gasteiger partial charge in [-0.25, -0.2) is 0 Å². The maximum Gasteiger partial charge on any atom is 0.190 e. The molecular formula is C13H20O6. The van der Waals surface area contributed by atoms with E-state index < -0.39 is 5.79 Å². The second-order valence-corrected chi connectivity index (χ2v) is 5.78. The van der Waals surface area contributed by atoms with E-state index in [0.29, 0.717) is 0 Å². The van der Waals surface area contributed by atoms with Crippen LogP contribution in [0, 0.1) is 0 Å². The lowest BCUT2D eigenvalue weighted by atomic mass is 9.94. The molecule has 4 fully saturated rings. The fourth-order valence-electron chi connectivity index (χ4n) is 3.63. The molecule has 3 heterocycles. The van der Waals surface area contributed by atoms with E-state index in [1.807, 2.05) is 0 Å². The molecule has 6 nitrogen and oxygen atoms in total. The van der Waals surface area contributed by atoms with Crippen molar-refractivity contribution in [2.75, 3.05) is 13.4 Å². The van der Waals surface area contributed by atoms with Crippen molar-refractivity contribution >= 4 is 0 Å². The van der Waals surface area contributed by atoms with E-state index in [-0.39, 0.29) is 44.1 Å². The molecule has 4 aliphatic rings. The van der Waals surface area contributed by atoms with Gasteiger partial charge in [-0.2, -0.15) is 0 Å². The summed E-state index contributed by atoms with van der Waals surface area (Å²) < 4.78 is 29.0. The summed E-state index contributed by atoms with van der Waals surface area (Å²) in [6.45, 7) is 0.102. The van der Waals surface area contributed by atoms with E-state index in [0.717, 1.165) is 25.7 Å². The summed E-state index contributed by atoms with van der Waals surface area (Å²) in [5.74, 6) is -0.463. The molecule has 5 atom stereocenters. The zero-order valence-corrected chi connectivity index (χ0v) is 10.8. The highest BCUT2D eigenvalue weighted by molar-refractivity contribution is 5.00.